The number of benzene rings is 1. The first kappa shape index (κ1) is 13.9. The molecule has 0 aliphatic carbocycles. The summed E-state index contributed by atoms with van der Waals surface area (Å²) in [7, 11) is 1.65. The second-order valence-corrected chi connectivity index (χ2v) is 4.47. The molecule has 1 rings (SSSR count). The lowest BCUT2D eigenvalue weighted by Crippen LogP contribution is -2.23. The predicted molar refractivity (Wildman–Crippen MR) is 72.8 cm³/mol. The molecule has 1 aromatic carbocycles. The molecule has 0 saturated carbocycles. The Bertz CT molecular complexity index is 405. The van der Waals surface area contributed by atoms with Gasteiger partial charge >= 0.3 is 0 Å². The van der Waals surface area contributed by atoms with Gasteiger partial charge in [-0.3, -0.25) is 4.79 Å². The van der Waals surface area contributed by atoms with Crippen molar-refractivity contribution >= 4 is 18.5 Å². The van der Waals surface area contributed by atoms with Gasteiger partial charge in [-0.25, -0.2) is 0 Å². The van der Waals surface area contributed by atoms with E-state index in [1.54, 1.807) is 7.11 Å². The molecule has 0 radical (unpaired) electrons. The molecule has 0 bridgehead atoms. The van der Waals surface area contributed by atoms with E-state index in [2.05, 4.69) is 24.0 Å². The Labute approximate surface area is 108 Å². The van der Waals surface area contributed by atoms with Crippen LogP contribution in [-0.4, -0.2) is 18.8 Å². The Morgan fingerprint density at radius 1 is 1.41 bits per heavy atom. The lowest BCUT2D eigenvalue weighted by atomic mass is 10.1. The van der Waals surface area contributed by atoms with E-state index in [4.69, 9.17) is 4.74 Å². The predicted octanol–water partition coefficient (Wildman–Crippen LogP) is 2.25. The van der Waals surface area contributed by atoms with Gasteiger partial charge in [0, 0.05) is 18.5 Å². The molecule has 0 aliphatic rings. The molecule has 1 amide bonds. The summed E-state index contributed by atoms with van der Waals surface area (Å²) in [5.41, 5.74) is 3.27. The monoisotopic (exact) mass is 253 g/mol. The van der Waals surface area contributed by atoms with Gasteiger partial charge in [0.2, 0.25) is 5.91 Å². The molecule has 0 heterocycles. The fourth-order valence-electron chi connectivity index (χ4n) is 1.85. The van der Waals surface area contributed by atoms with Gasteiger partial charge in [-0.05, 0) is 25.2 Å². The smallest absolute Gasteiger partial charge is 0.221 e. The molecular formula is C13H19NO2S. The van der Waals surface area contributed by atoms with Gasteiger partial charge in [0.15, 0.2) is 0 Å². The zero-order chi connectivity index (χ0) is 12.8. The molecule has 94 valence electrons. The zero-order valence-electron chi connectivity index (χ0n) is 10.5. The first-order valence-corrected chi connectivity index (χ1v) is 6.23. The fraction of sp³-hybridized carbons (Fsp3) is 0.462. The van der Waals surface area contributed by atoms with Crippen LogP contribution in [0.5, 0.6) is 5.75 Å². The number of thiol groups is 1. The van der Waals surface area contributed by atoms with Crippen LogP contribution in [0.4, 0.5) is 0 Å². The van der Waals surface area contributed by atoms with Crippen LogP contribution in [0.3, 0.4) is 0 Å². The van der Waals surface area contributed by atoms with Crippen LogP contribution in [0, 0.1) is 13.8 Å². The number of hydrogen-bond donors (Lipinski definition) is 2. The Hall–Kier alpha value is -1.16. The van der Waals surface area contributed by atoms with E-state index in [1.165, 1.54) is 5.56 Å². The molecule has 1 aromatic rings. The van der Waals surface area contributed by atoms with E-state index in [1.807, 2.05) is 19.9 Å². The normalized spacial score (nSPS) is 10.1. The average molecular weight is 253 g/mol. The first-order valence-electron chi connectivity index (χ1n) is 5.60. The molecule has 4 heteroatoms. The third-order valence-corrected chi connectivity index (χ3v) is 2.74. The van der Waals surface area contributed by atoms with Crippen LogP contribution in [-0.2, 0) is 11.3 Å². The molecule has 0 fully saturated rings. The van der Waals surface area contributed by atoms with Gasteiger partial charge in [0.1, 0.15) is 5.75 Å². The lowest BCUT2D eigenvalue weighted by molar-refractivity contribution is -0.120. The summed E-state index contributed by atoms with van der Waals surface area (Å²) in [5.74, 6) is 1.43. The molecule has 1 N–H and O–H groups in total. The van der Waals surface area contributed by atoms with Gasteiger partial charge in [0.25, 0.3) is 0 Å². The van der Waals surface area contributed by atoms with Crippen molar-refractivity contribution in [1.82, 2.24) is 5.32 Å². The van der Waals surface area contributed by atoms with Crippen molar-refractivity contribution in [2.24, 2.45) is 0 Å². The molecule has 0 aliphatic heterocycles. The molecule has 17 heavy (non-hydrogen) atoms. The number of hydrogen-bond acceptors (Lipinski definition) is 3. The lowest BCUT2D eigenvalue weighted by Gasteiger charge is -2.13. The van der Waals surface area contributed by atoms with Crippen LogP contribution < -0.4 is 10.1 Å². The number of methoxy groups -OCH3 is 1. The van der Waals surface area contributed by atoms with E-state index in [9.17, 15) is 4.79 Å². The summed E-state index contributed by atoms with van der Waals surface area (Å²) in [6.45, 7) is 4.54. The quantitative estimate of drug-likeness (QED) is 0.790. The Morgan fingerprint density at radius 3 is 2.71 bits per heavy atom. The van der Waals surface area contributed by atoms with Crippen molar-refractivity contribution < 1.29 is 9.53 Å². The summed E-state index contributed by atoms with van der Waals surface area (Å²) in [4.78, 5) is 11.4. The minimum atomic E-state index is 0.0150. The summed E-state index contributed by atoms with van der Waals surface area (Å²) in [6, 6.07) is 4.10. The topological polar surface area (TPSA) is 38.3 Å². The number of amides is 1. The Balaban J connectivity index is 2.79. The fourth-order valence-corrected chi connectivity index (χ4v) is 2.05. The van der Waals surface area contributed by atoms with Gasteiger partial charge in [-0.2, -0.15) is 12.6 Å². The van der Waals surface area contributed by atoms with Crippen LogP contribution >= 0.6 is 12.6 Å². The number of ether oxygens (including phenoxy) is 1. The van der Waals surface area contributed by atoms with E-state index in [0.29, 0.717) is 18.7 Å². The van der Waals surface area contributed by atoms with Crippen molar-refractivity contribution in [2.75, 3.05) is 12.9 Å². The van der Waals surface area contributed by atoms with Gasteiger partial charge in [0.05, 0.1) is 7.11 Å². The van der Waals surface area contributed by atoms with Gasteiger partial charge in [-0.1, -0.05) is 17.7 Å². The second-order valence-electron chi connectivity index (χ2n) is 4.02. The summed E-state index contributed by atoms with van der Waals surface area (Å²) >= 11 is 4.03. The number of carbonyl (C=O) groups excluding carboxylic acids is 1. The SMILES string of the molecule is COc1c(C)cc(C)cc1CNC(=O)CCS. The van der Waals surface area contributed by atoms with E-state index < -0.39 is 0 Å². The number of carbonyl (C=O) groups is 1. The molecule has 0 unspecified atom stereocenters. The maximum Gasteiger partial charge on any atom is 0.221 e. The summed E-state index contributed by atoms with van der Waals surface area (Å²) in [6.07, 6.45) is 0.441. The largest absolute Gasteiger partial charge is 0.496 e. The molecule has 0 spiro atoms. The summed E-state index contributed by atoms with van der Waals surface area (Å²) in [5, 5.41) is 2.86. The number of nitrogens with one attached hydrogen (secondary N) is 1. The minimum Gasteiger partial charge on any atom is -0.496 e. The number of rotatable bonds is 5. The van der Waals surface area contributed by atoms with Gasteiger partial charge < -0.3 is 10.1 Å². The average Bonchev–Trinajstić information content (AvgIpc) is 2.26. The highest BCUT2D eigenvalue weighted by molar-refractivity contribution is 7.80. The van der Waals surface area contributed by atoms with Crippen molar-refractivity contribution in [3.63, 3.8) is 0 Å². The van der Waals surface area contributed by atoms with Crippen molar-refractivity contribution in [3.8, 4) is 5.75 Å². The van der Waals surface area contributed by atoms with Gasteiger partial charge in [-0.15, -0.1) is 0 Å². The molecular weight excluding hydrogens is 234 g/mol. The molecule has 3 nitrogen and oxygen atoms in total. The minimum absolute atomic E-state index is 0.0150. The standard InChI is InChI=1S/C13H19NO2S/c1-9-6-10(2)13(16-3)11(7-9)8-14-12(15)4-5-17/h6-7,17H,4-5,8H2,1-3H3,(H,14,15). The zero-order valence-corrected chi connectivity index (χ0v) is 11.4. The van der Waals surface area contributed by atoms with Crippen molar-refractivity contribution in [1.29, 1.82) is 0 Å². The molecule has 0 saturated heterocycles. The Kier molecular flexibility index (Phi) is 5.35. The maximum atomic E-state index is 11.4. The maximum absolute atomic E-state index is 11.4. The van der Waals surface area contributed by atoms with Crippen molar-refractivity contribution in [3.05, 3.63) is 28.8 Å². The number of aryl methyl sites for hydroxylation is 2. The van der Waals surface area contributed by atoms with E-state index in [-0.39, 0.29) is 5.91 Å². The highest BCUT2D eigenvalue weighted by atomic mass is 32.1. The van der Waals surface area contributed by atoms with E-state index >= 15 is 0 Å². The van der Waals surface area contributed by atoms with Crippen LogP contribution in [0.2, 0.25) is 0 Å². The third kappa shape index (κ3) is 3.97. The van der Waals surface area contributed by atoms with Crippen LogP contribution in [0.1, 0.15) is 23.1 Å². The van der Waals surface area contributed by atoms with Crippen molar-refractivity contribution in [2.45, 2.75) is 26.8 Å². The van der Waals surface area contributed by atoms with Crippen LogP contribution in [0.25, 0.3) is 0 Å². The first-order chi connectivity index (χ1) is 8.08. The molecule has 0 aromatic heterocycles. The Morgan fingerprint density at radius 2 is 2.12 bits per heavy atom. The van der Waals surface area contributed by atoms with E-state index in [0.717, 1.165) is 16.9 Å². The summed E-state index contributed by atoms with van der Waals surface area (Å²) < 4.78 is 5.36. The molecule has 0 atom stereocenters. The highest BCUT2D eigenvalue weighted by Gasteiger charge is 2.08. The highest BCUT2D eigenvalue weighted by Crippen LogP contribution is 2.24. The second kappa shape index (κ2) is 6.55. The third-order valence-electron chi connectivity index (χ3n) is 2.51. The van der Waals surface area contributed by atoms with Crippen LogP contribution in [0.15, 0.2) is 12.1 Å².